The minimum absolute atomic E-state index is 0.0922. The van der Waals surface area contributed by atoms with E-state index in [1.165, 1.54) is 5.56 Å². The van der Waals surface area contributed by atoms with E-state index in [-0.39, 0.29) is 12.2 Å². The number of aryl methyl sites for hydroxylation is 1. The number of nitrogen functional groups attached to an aromatic ring is 1. The van der Waals surface area contributed by atoms with Gasteiger partial charge < -0.3 is 29.1 Å². The van der Waals surface area contributed by atoms with Crippen LogP contribution in [0.2, 0.25) is 0 Å². The zero-order chi connectivity index (χ0) is 25.4. The van der Waals surface area contributed by atoms with Gasteiger partial charge in [-0.15, -0.1) is 0 Å². The predicted molar refractivity (Wildman–Crippen MR) is 140 cm³/mol. The lowest BCUT2D eigenvalue weighted by molar-refractivity contribution is -0.0686. The third-order valence-electron chi connectivity index (χ3n) is 7.48. The number of nitrogens with two attached hydrogens (primary N) is 1. The lowest BCUT2D eigenvalue weighted by Gasteiger charge is -2.35. The molecule has 4 aromatic rings. The van der Waals surface area contributed by atoms with Gasteiger partial charge in [0.15, 0.2) is 0 Å². The number of fused-ring (bicyclic) bond motifs is 1. The van der Waals surface area contributed by atoms with Gasteiger partial charge in [0.05, 0.1) is 36.2 Å². The minimum atomic E-state index is -0.597. The number of rotatable bonds is 8. The highest BCUT2D eigenvalue weighted by Gasteiger charge is 2.39. The van der Waals surface area contributed by atoms with E-state index in [1.54, 1.807) is 13.4 Å². The Labute approximate surface area is 216 Å². The summed E-state index contributed by atoms with van der Waals surface area (Å²) < 4.78 is 26.3. The molecule has 1 saturated heterocycles. The third kappa shape index (κ3) is 4.68. The maximum absolute atomic E-state index is 6.47. The lowest BCUT2D eigenvalue weighted by Crippen LogP contribution is -2.39. The van der Waals surface area contributed by atoms with Crippen molar-refractivity contribution in [2.75, 3.05) is 26.1 Å². The Hall–Kier alpha value is -3.46. The molecule has 1 saturated carbocycles. The largest absolute Gasteiger partial charge is 0.490 e. The highest BCUT2D eigenvalue weighted by atomic mass is 16.6. The maximum atomic E-state index is 6.47. The molecule has 0 radical (unpaired) electrons. The Morgan fingerprint density at radius 1 is 1.11 bits per heavy atom. The second-order valence-electron chi connectivity index (χ2n) is 9.97. The van der Waals surface area contributed by atoms with E-state index in [0.717, 1.165) is 53.2 Å². The summed E-state index contributed by atoms with van der Waals surface area (Å²) in [6, 6.07) is 18.2. The Bertz CT molecular complexity index is 1390. The number of nitrogens with zero attached hydrogens (tertiary/aromatic N) is 3. The van der Waals surface area contributed by atoms with Crippen LogP contribution in [0.4, 0.5) is 5.82 Å². The quantitative estimate of drug-likeness (QED) is 0.376. The zero-order valence-electron chi connectivity index (χ0n) is 21.2. The molecule has 1 aromatic carbocycles. The Morgan fingerprint density at radius 3 is 2.70 bits per heavy atom. The first-order chi connectivity index (χ1) is 18.0. The van der Waals surface area contributed by atoms with E-state index in [2.05, 4.69) is 23.2 Å². The molecule has 0 spiro atoms. The van der Waals surface area contributed by atoms with Gasteiger partial charge in [-0.05, 0) is 18.6 Å². The van der Waals surface area contributed by atoms with Crippen LogP contribution in [0.25, 0.3) is 16.8 Å². The molecule has 2 fully saturated rings. The number of hydrogen-bond acceptors (Lipinski definition) is 7. The molecule has 2 aliphatic rings. The maximum Gasteiger partial charge on any atom is 0.135 e. The molecular weight excluding hydrogens is 468 g/mol. The number of benzene rings is 1. The van der Waals surface area contributed by atoms with Crippen molar-refractivity contribution >= 4 is 11.3 Å². The highest BCUT2D eigenvalue weighted by molar-refractivity contribution is 5.81. The molecule has 1 aliphatic carbocycles. The van der Waals surface area contributed by atoms with Crippen LogP contribution in [0.3, 0.4) is 0 Å². The molecular formula is C29H32N4O4. The van der Waals surface area contributed by atoms with Crippen molar-refractivity contribution in [1.82, 2.24) is 14.4 Å². The number of methoxy groups -OCH3 is 1. The van der Waals surface area contributed by atoms with Crippen LogP contribution in [-0.4, -0.2) is 46.9 Å². The van der Waals surface area contributed by atoms with Gasteiger partial charge in [0, 0.05) is 62.4 Å². The van der Waals surface area contributed by atoms with Crippen LogP contribution in [0.15, 0.2) is 60.9 Å². The summed E-state index contributed by atoms with van der Waals surface area (Å²) in [6.45, 7) is 3.76. The minimum Gasteiger partial charge on any atom is -0.490 e. The SMILES string of the molecule is CO[C@@]1(c2cc(OC3CC(OCc4ccccc4)C3)cc(-c3cc(C)n4cnc(N)cc34)n2)CCOC1. The van der Waals surface area contributed by atoms with Gasteiger partial charge >= 0.3 is 0 Å². The summed E-state index contributed by atoms with van der Waals surface area (Å²) in [5.74, 6) is 1.24. The second-order valence-corrected chi connectivity index (χ2v) is 9.97. The van der Waals surface area contributed by atoms with Crippen LogP contribution in [0.5, 0.6) is 5.75 Å². The van der Waals surface area contributed by atoms with Gasteiger partial charge in [-0.3, -0.25) is 0 Å². The van der Waals surface area contributed by atoms with Crippen LogP contribution in [-0.2, 0) is 26.4 Å². The fraction of sp³-hybridized carbons (Fsp3) is 0.379. The molecule has 1 atom stereocenters. The number of aromatic nitrogens is 3. The van der Waals surface area contributed by atoms with Crippen molar-refractivity contribution in [2.45, 2.75) is 50.6 Å². The van der Waals surface area contributed by atoms with Gasteiger partial charge in [0.2, 0.25) is 0 Å². The molecule has 0 amide bonds. The van der Waals surface area contributed by atoms with Gasteiger partial charge in [0.25, 0.3) is 0 Å². The lowest BCUT2D eigenvalue weighted by atomic mass is 9.91. The smallest absolute Gasteiger partial charge is 0.135 e. The predicted octanol–water partition coefficient (Wildman–Crippen LogP) is 4.68. The van der Waals surface area contributed by atoms with Crippen LogP contribution in [0, 0.1) is 6.92 Å². The molecule has 37 heavy (non-hydrogen) atoms. The Balaban J connectivity index is 1.27. The monoisotopic (exact) mass is 500 g/mol. The zero-order valence-corrected chi connectivity index (χ0v) is 21.2. The van der Waals surface area contributed by atoms with E-state index in [0.29, 0.717) is 25.6 Å². The average Bonchev–Trinajstić information content (AvgIpc) is 3.51. The number of ether oxygens (including phenoxy) is 4. The summed E-state index contributed by atoms with van der Waals surface area (Å²) in [5, 5.41) is 0. The topological polar surface area (TPSA) is 93.1 Å². The van der Waals surface area contributed by atoms with Gasteiger partial charge in [-0.2, -0.15) is 0 Å². The van der Waals surface area contributed by atoms with Crippen LogP contribution in [0.1, 0.15) is 36.2 Å². The summed E-state index contributed by atoms with van der Waals surface area (Å²) in [5.41, 5.74) is 11.2. The second kappa shape index (κ2) is 9.78. The molecule has 8 heteroatoms. The van der Waals surface area contributed by atoms with Gasteiger partial charge in [-0.25, -0.2) is 9.97 Å². The molecule has 8 nitrogen and oxygen atoms in total. The van der Waals surface area contributed by atoms with Crippen LogP contribution < -0.4 is 10.5 Å². The van der Waals surface area contributed by atoms with E-state index in [4.69, 9.17) is 29.7 Å². The summed E-state index contributed by atoms with van der Waals surface area (Å²) in [4.78, 5) is 9.31. The highest BCUT2D eigenvalue weighted by Crippen LogP contribution is 2.39. The molecule has 192 valence electrons. The number of hydrogen-bond donors (Lipinski definition) is 1. The van der Waals surface area contributed by atoms with Crippen molar-refractivity contribution in [3.05, 3.63) is 77.9 Å². The molecule has 6 rings (SSSR count). The van der Waals surface area contributed by atoms with Crippen molar-refractivity contribution in [1.29, 1.82) is 0 Å². The summed E-state index contributed by atoms with van der Waals surface area (Å²) >= 11 is 0. The fourth-order valence-corrected chi connectivity index (χ4v) is 5.17. The van der Waals surface area contributed by atoms with Crippen LogP contribution >= 0.6 is 0 Å². The Kier molecular flexibility index (Phi) is 6.32. The first-order valence-electron chi connectivity index (χ1n) is 12.7. The van der Waals surface area contributed by atoms with Gasteiger partial charge in [-0.1, -0.05) is 30.3 Å². The van der Waals surface area contributed by atoms with Crippen molar-refractivity contribution < 1.29 is 18.9 Å². The normalized spacial score (nSPS) is 23.3. The molecule has 0 bridgehead atoms. The van der Waals surface area contributed by atoms with Crippen molar-refractivity contribution in [3.63, 3.8) is 0 Å². The molecule has 3 aromatic heterocycles. The molecule has 2 N–H and O–H groups in total. The van der Waals surface area contributed by atoms with Crippen molar-refractivity contribution in [2.24, 2.45) is 0 Å². The van der Waals surface area contributed by atoms with E-state index < -0.39 is 5.60 Å². The van der Waals surface area contributed by atoms with Gasteiger partial charge in [0.1, 0.15) is 29.6 Å². The summed E-state index contributed by atoms with van der Waals surface area (Å²) in [6.07, 6.45) is 4.49. The fourth-order valence-electron chi connectivity index (χ4n) is 5.17. The number of pyridine rings is 1. The van der Waals surface area contributed by atoms with E-state index in [9.17, 15) is 0 Å². The van der Waals surface area contributed by atoms with E-state index in [1.807, 2.05) is 47.7 Å². The molecule has 4 heterocycles. The third-order valence-corrected chi connectivity index (χ3v) is 7.48. The Morgan fingerprint density at radius 2 is 1.95 bits per heavy atom. The average molecular weight is 501 g/mol. The first-order valence-corrected chi connectivity index (χ1v) is 12.7. The van der Waals surface area contributed by atoms with Crippen molar-refractivity contribution in [3.8, 4) is 17.0 Å². The number of anilines is 1. The summed E-state index contributed by atoms with van der Waals surface area (Å²) in [7, 11) is 1.72. The molecule has 0 unspecified atom stereocenters. The van der Waals surface area contributed by atoms with E-state index >= 15 is 0 Å². The molecule has 1 aliphatic heterocycles. The first kappa shape index (κ1) is 23.9. The standard InChI is InChI=1S/C29H32N4O4/c1-19-10-24(26-15-28(30)31-18-33(19)26)25-13-23(14-27(32-25)29(34-2)8-9-35-17-29)37-22-11-21(12-22)36-16-20-6-4-3-5-7-20/h3-7,10,13-15,18,21-22H,8-9,11-12,16-17,30H2,1-2H3/t21?,22?,29-/m0/s1.